The van der Waals surface area contributed by atoms with Gasteiger partial charge in [0.05, 0.1) is 0 Å². The number of nitrogens with zero attached hydrogens (tertiary/aromatic N) is 2. The third kappa shape index (κ3) is 5.59. The Labute approximate surface area is 91.9 Å². The van der Waals surface area contributed by atoms with Crippen molar-refractivity contribution >= 4 is 5.84 Å². The zero-order valence-corrected chi connectivity index (χ0v) is 10.1. The lowest BCUT2D eigenvalue weighted by Crippen LogP contribution is -2.38. The topological polar surface area (TPSA) is 71.1 Å². The van der Waals surface area contributed by atoms with E-state index in [1.165, 1.54) is 0 Å². The fourth-order valence-electron chi connectivity index (χ4n) is 1.31. The molecule has 15 heavy (non-hydrogen) atoms. The van der Waals surface area contributed by atoms with E-state index in [1.54, 1.807) is 7.11 Å². The molecule has 0 aromatic heterocycles. The van der Waals surface area contributed by atoms with Crippen molar-refractivity contribution in [1.29, 1.82) is 0 Å². The zero-order chi connectivity index (χ0) is 11.8. The maximum absolute atomic E-state index is 8.52. The molecule has 2 atom stereocenters. The molecule has 0 saturated heterocycles. The van der Waals surface area contributed by atoms with E-state index >= 15 is 0 Å². The quantitative estimate of drug-likeness (QED) is 0.285. The van der Waals surface area contributed by atoms with Gasteiger partial charge >= 0.3 is 0 Å². The number of amidine groups is 1. The second-order valence-corrected chi connectivity index (χ2v) is 4.00. The van der Waals surface area contributed by atoms with E-state index in [4.69, 9.17) is 15.7 Å². The monoisotopic (exact) mass is 217 g/mol. The molecule has 0 rings (SSSR count). The van der Waals surface area contributed by atoms with Gasteiger partial charge in [-0.25, -0.2) is 0 Å². The number of nitrogens with two attached hydrogens (primary N) is 1. The molecule has 2 unspecified atom stereocenters. The van der Waals surface area contributed by atoms with Gasteiger partial charge in [0.15, 0.2) is 0 Å². The molecule has 0 spiro atoms. The van der Waals surface area contributed by atoms with Crippen molar-refractivity contribution in [2.45, 2.75) is 26.3 Å². The molecule has 0 heterocycles. The highest BCUT2D eigenvalue weighted by Gasteiger charge is 2.14. The number of hydrogen-bond acceptors (Lipinski definition) is 4. The van der Waals surface area contributed by atoms with Crippen molar-refractivity contribution in [2.75, 3.05) is 27.3 Å². The van der Waals surface area contributed by atoms with Gasteiger partial charge in [-0.2, -0.15) is 0 Å². The van der Waals surface area contributed by atoms with E-state index in [9.17, 15) is 0 Å². The molecule has 0 aromatic rings. The SMILES string of the molecule is COCCC(C)N(C)CC(C)C(N)=NO. The summed E-state index contributed by atoms with van der Waals surface area (Å²) in [7, 11) is 3.73. The third-order valence-electron chi connectivity index (χ3n) is 2.67. The van der Waals surface area contributed by atoms with Crippen LogP contribution in [0.4, 0.5) is 0 Å². The Balaban J connectivity index is 3.95. The van der Waals surface area contributed by atoms with Crippen LogP contribution >= 0.6 is 0 Å². The number of ether oxygens (including phenoxy) is 1. The largest absolute Gasteiger partial charge is 0.409 e. The van der Waals surface area contributed by atoms with Crippen LogP contribution in [0.25, 0.3) is 0 Å². The van der Waals surface area contributed by atoms with Crippen molar-refractivity contribution in [2.24, 2.45) is 16.8 Å². The van der Waals surface area contributed by atoms with Gasteiger partial charge in [-0.1, -0.05) is 12.1 Å². The lowest BCUT2D eigenvalue weighted by Gasteiger charge is -2.26. The Kier molecular flexibility index (Phi) is 7.07. The fourth-order valence-corrected chi connectivity index (χ4v) is 1.31. The van der Waals surface area contributed by atoms with Crippen LogP contribution in [0.3, 0.4) is 0 Å². The maximum atomic E-state index is 8.52. The highest BCUT2D eigenvalue weighted by atomic mass is 16.5. The molecule has 90 valence electrons. The van der Waals surface area contributed by atoms with Crippen molar-refractivity contribution in [3.8, 4) is 0 Å². The molecule has 0 bridgehead atoms. The molecule has 0 saturated carbocycles. The van der Waals surface area contributed by atoms with Gasteiger partial charge in [0.1, 0.15) is 5.84 Å². The van der Waals surface area contributed by atoms with Gasteiger partial charge in [-0.3, -0.25) is 0 Å². The molecule has 0 aromatic carbocycles. The molecule has 0 amide bonds. The fraction of sp³-hybridized carbons (Fsp3) is 0.900. The van der Waals surface area contributed by atoms with Crippen LogP contribution in [-0.2, 0) is 4.74 Å². The standard InChI is InChI=1S/C10H23N3O2/c1-8(10(11)12-14)7-13(3)9(2)5-6-15-4/h8-9,14H,5-7H2,1-4H3,(H2,11,12). The molecule has 0 aliphatic carbocycles. The van der Waals surface area contributed by atoms with E-state index in [1.807, 2.05) is 14.0 Å². The van der Waals surface area contributed by atoms with E-state index in [0.717, 1.165) is 19.6 Å². The number of oxime groups is 1. The molecule has 0 aliphatic rings. The Morgan fingerprint density at radius 2 is 2.13 bits per heavy atom. The van der Waals surface area contributed by atoms with E-state index < -0.39 is 0 Å². The molecular formula is C10H23N3O2. The Morgan fingerprint density at radius 3 is 2.60 bits per heavy atom. The highest BCUT2D eigenvalue weighted by molar-refractivity contribution is 5.82. The van der Waals surface area contributed by atoms with E-state index in [-0.39, 0.29) is 11.8 Å². The van der Waals surface area contributed by atoms with E-state index in [2.05, 4.69) is 17.0 Å². The van der Waals surface area contributed by atoms with Gasteiger partial charge in [-0.15, -0.1) is 0 Å². The van der Waals surface area contributed by atoms with Crippen molar-refractivity contribution in [3.63, 3.8) is 0 Å². The summed E-state index contributed by atoms with van der Waals surface area (Å²) in [6, 6.07) is 0.430. The summed E-state index contributed by atoms with van der Waals surface area (Å²) in [5, 5.41) is 11.5. The molecular weight excluding hydrogens is 194 g/mol. The minimum atomic E-state index is 0.0602. The summed E-state index contributed by atoms with van der Waals surface area (Å²) in [6.45, 7) is 5.61. The summed E-state index contributed by atoms with van der Waals surface area (Å²) in [4.78, 5) is 2.18. The summed E-state index contributed by atoms with van der Waals surface area (Å²) in [6.07, 6.45) is 0.982. The lowest BCUT2D eigenvalue weighted by atomic mass is 10.1. The van der Waals surface area contributed by atoms with Crippen LogP contribution in [-0.4, -0.2) is 49.3 Å². The smallest absolute Gasteiger partial charge is 0.143 e. The molecule has 0 aliphatic heterocycles. The van der Waals surface area contributed by atoms with Gasteiger partial charge in [0.25, 0.3) is 0 Å². The number of hydrogen-bond donors (Lipinski definition) is 2. The first-order chi connectivity index (χ1) is 7.02. The second kappa shape index (κ2) is 7.48. The van der Waals surface area contributed by atoms with Crippen molar-refractivity contribution < 1.29 is 9.94 Å². The van der Waals surface area contributed by atoms with Crippen LogP contribution < -0.4 is 5.73 Å². The first-order valence-corrected chi connectivity index (χ1v) is 5.19. The third-order valence-corrected chi connectivity index (χ3v) is 2.67. The van der Waals surface area contributed by atoms with Crippen LogP contribution in [0.15, 0.2) is 5.16 Å². The Hall–Kier alpha value is -0.810. The van der Waals surface area contributed by atoms with Gasteiger partial charge in [-0.05, 0) is 20.4 Å². The summed E-state index contributed by atoms with van der Waals surface area (Å²) < 4.78 is 5.02. The van der Waals surface area contributed by atoms with Crippen molar-refractivity contribution in [1.82, 2.24) is 4.90 Å². The maximum Gasteiger partial charge on any atom is 0.143 e. The van der Waals surface area contributed by atoms with Gasteiger partial charge in [0, 0.05) is 32.2 Å². The average Bonchev–Trinajstić information content (AvgIpc) is 2.24. The highest BCUT2D eigenvalue weighted by Crippen LogP contribution is 2.05. The summed E-state index contributed by atoms with van der Waals surface area (Å²) >= 11 is 0. The van der Waals surface area contributed by atoms with Crippen LogP contribution in [0.5, 0.6) is 0 Å². The van der Waals surface area contributed by atoms with Crippen LogP contribution in [0.1, 0.15) is 20.3 Å². The van der Waals surface area contributed by atoms with Crippen molar-refractivity contribution in [3.05, 3.63) is 0 Å². The van der Waals surface area contributed by atoms with Crippen LogP contribution in [0.2, 0.25) is 0 Å². The number of rotatable bonds is 7. The minimum Gasteiger partial charge on any atom is -0.409 e. The second-order valence-electron chi connectivity index (χ2n) is 4.00. The first kappa shape index (κ1) is 14.2. The minimum absolute atomic E-state index is 0.0602. The van der Waals surface area contributed by atoms with Gasteiger partial charge < -0.3 is 20.6 Å². The Morgan fingerprint density at radius 1 is 1.53 bits per heavy atom. The lowest BCUT2D eigenvalue weighted by molar-refractivity contribution is 0.149. The molecule has 0 fully saturated rings. The molecule has 0 radical (unpaired) electrons. The van der Waals surface area contributed by atoms with E-state index in [0.29, 0.717) is 6.04 Å². The predicted octanol–water partition coefficient (Wildman–Crippen LogP) is 0.726. The molecule has 5 heteroatoms. The number of methoxy groups -OCH3 is 1. The first-order valence-electron chi connectivity index (χ1n) is 5.19. The summed E-state index contributed by atoms with van der Waals surface area (Å²) in [5.41, 5.74) is 5.51. The van der Waals surface area contributed by atoms with Crippen LogP contribution in [0, 0.1) is 5.92 Å². The average molecular weight is 217 g/mol. The zero-order valence-electron chi connectivity index (χ0n) is 10.1. The normalized spacial score (nSPS) is 16.7. The molecule has 3 N–H and O–H groups in total. The van der Waals surface area contributed by atoms with Gasteiger partial charge in [0.2, 0.25) is 0 Å². The Bertz CT molecular complexity index is 197. The predicted molar refractivity (Wildman–Crippen MR) is 61.2 cm³/mol. The molecule has 5 nitrogen and oxygen atoms in total. The summed E-state index contributed by atoms with van der Waals surface area (Å²) in [5.74, 6) is 0.339.